The molecule has 2 aliphatic rings. The third-order valence-corrected chi connectivity index (χ3v) is 7.46. The van der Waals surface area contributed by atoms with Gasteiger partial charge in [-0.25, -0.2) is 4.79 Å². The number of piperidine rings is 1. The highest BCUT2D eigenvalue weighted by Gasteiger charge is 2.37. The van der Waals surface area contributed by atoms with Crippen molar-refractivity contribution in [2.75, 3.05) is 20.2 Å². The van der Waals surface area contributed by atoms with Crippen LogP contribution in [0.25, 0.3) is 0 Å². The van der Waals surface area contributed by atoms with Crippen molar-refractivity contribution in [3.05, 3.63) is 52.0 Å². The van der Waals surface area contributed by atoms with Crippen molar-refractivity contribution < 1.29 is 14.3 Å². The first-order chi connectivity index (χ1) is 14.3. The van der Waals surface area contributed by atoms with Gasteiger partial charge in [0.1, 0.15) is 11.4 Å². The minimum absolute atomic E-state index is 0.202. The maximum Gasteiger partial charge on any atom is 0.410 e. The molecule has 160 valence electrons. The number of hydrogen-bond donors (Lipinski definition) is 0. The molecule has 0 radical (unpaired) electrons. The number of carbonyl (C=O) groups is 1. The van der Waals surface area contributed by atoms with Crippen LogP contribution < -0.4 is 4.74 Å². The standard InChI is InChI=1S/C24H28BrNO3S/c1-24(2,3)29-23(27)26-12-10-15(11-13-26)21-17-9-8-16(25)14-20(17)30-22-18(21)6-5-7-19(22)28-4/h5-9,14-15,21H,10-13H2,1-4H3. The molecule has 0 aliphatic carbocycles. The van der Waals surface area contributed by atoms with E-state index in [1.54, 1.807) is 18.9 Å². The van der Waals surface area contributed by atoms with E-state index in [-0.39, 0.29) is 6.09 Å². The second-order valence-corrected chi connectivity index (χ2v) is 10.9. The highest BCUT2D eigenvalue weighted by Crippen LogP contribution is 2.53. The molecule has 0 aromatic heterocycles. The van der Waals surface area contributed by atoms with Gasteiger partial charge in [-0.1, -0.05) is 45.9 Å². The van der Waals surface area contributed by atoms with Crippen molar-refractivity contribution in [1.82, 2.24) is 4.90 Å². The molecule has 1 amide bonds. The Labute approximate surface area is 191 Å². The topological polar surface area (TPSA) is 38.8 Å². The van der Waals surface area contributed by atoms with Gasteiger partial charge in [0.05, 0.1) is 12.0 Å². The zero-order chi connectivity index (χ0) is 21.5. The Morgan fingerprint density at radius 2 is 1.87 bits per heavy atom. The van der Waals surface area contributed by atoms with Crippen LogP contribution in [0.15, 0.2) is 50.7 Å². The number of methoxy groups -OCH3 is 1. The molecule has 1 atom stereocenters. The van der Waals surface area contributed by atoms with Gasteiger partial charge in [-0.15, -0.1) is 0 Å². The van der Waals surface area contributed by atoms with E-state index in [0.29, 0.717) is 11.8 Å². The molecule has 1 unspecified atom stereocenters. The first kappa shape index (κ1) is 21.6. The predicted octanol–water partition coefficient (Wildman–Crippen LogP) is 6.70. The van der Waals surface area contributed by atoms with Crippen molar-refractivity contribution in [3.8, 4) is 5.75 Å². The van der Waals surface area contributed by atoms with Crippen molar-refractivity contribution in [2.24, 2.45) is 5.92 Å². The number of rotatable bonds is 2. The zero-order valence-corrected chi connectivity index (χ0v) is 20.3. The molecule has 0 spiro atoms. The van der Waals surface area contributed by atoms with Gasteiger partial charge in [-0.3, -0.25) is 0 Å². The second-order valence-electron chi connectivity index (χ2n) is 8.95. The van der Waals surface area contributed by atoms with E-state index in [4.69, 9.17) is 9.47 Å². The lowest BCUT2D eigenvalue weighted by Crippen LogP contribution is -2.42. The molecular weight excluding hydrogens is 462 g/mol. The monoisotopic (exact) mass is 489 g/mol. The van der Waals surface area contributed by atoms with Crippen molar-refractivity contribution in [3.63, 3.8) is 0 Å². The van der Waals surface area contributed by atoms with Gasteiger partial charge in [-0.2, -0.15) is 0 Å². The van der Waals surface area contributed by atoms with Crippen molar-refractivity contribution in [1.29, 1.82) is 0 Å². The summed E-state index contributed by atoms with van der Waals surface area (Å²) in [6, 6.07) is 13.0. The molecule has 1 saturated heterocycles. The first-order valence-electron chi connectivity index (χ1n) is 10.4. The Hall–Kier alpha value is -1.66. The molecule has 4 nitrogen and oxygen atoms in total. The molecule has 6 heteroatoms. The summed E-state index contributed by atoms with van der Waals surface area (Å²) < 4.78 is 12.4. The summed E-state index contributed by atoms with van der Waals surface area (Å²) in [5, 5.41) is 0. The third-order valence-electron chi connectivity index (χ3n) is 5.75. The Balaban J connectivity index is 1.61. The highest BCUT2D eigenvalue weighted by atomic mass is 79.9. The number of likely N-dealkylation sites (tertiary alicyclic amines) is 1. The fraction of sp³-hybridized carbons (Fsp3) is 0.458. The van der Waals surface area contributed by atoms with Crippen LogP contribution in [0.2, 0.25) is 0 Å². The van der Waals surface area contributed by atoms with Gasteiger partial charge in [-0.05, 0) is 68.9 Å². The van der Waals surface area contributed by atoms with Gasteiger partial charge >= 0.3 is 6.09 Å². The fourth-order valence-corrected chi connectivity index (χ4v) is 6.22. The average Bonchev–Trinajstić information content (AvgIpc) is 2.70. The molecule has 0 saturated carbocycles. The van der Waals surface area contributed by atoms with Gasteiger partial charge < -0.3 is 14.4 Å². The van der Waals surface area contributed by atoms with E-state index in [9.17, 15) is 4.79 Å². The van der Waals surface area contributed by atoms with E-state index >= 15 is 0 Å². The lowest BCUT2D eigenvalue weighted by atomic mass is 9.75. The normalized spacial score (nSPS) is 19.1. The second kappa shape index (κ2) is 8.46. The largest absolute Gasteiger partial charge is 0.496 e. The van der Waals surface area contributed by atoms with Crippen molar-refractivity contribution in [2.45, 2.75) is 54.9 Å². The van der Waals surface area contributed by atoms with E-state index in [1.807, 2.05) is 31.7 Å². The highest BCUT2D eigenvalue weighted by molar-refractivity contribution is 9.10. The number of benzene rings is 2. The number of carbonyl (C=O) groups excluding carboxylic acids is 1. The van der Waals surface area contributed by atoms with Crippen LogP contribution in [0.5, 0.6) is 5.75 Å². The van der Waals surface area contributed by atoms with Gasteiger partial charge in [0.25, 0.3) is 0 Å². The SMILES string of the molecule is COc1cccc2c1Sc1cc(Br)ccc1C2C1CCN(C(=O)OC(C)(C)C)CC1. The molecule has 1 fully saturated rings. The number of halogens is 1. The molecule has 2 aromatic carbocycles. The van der Waals surface area contributed by atoms with E-state index in [0.717, 1.165) is 36.2 Å². The lowest BCUT2D eigenvalue weighted by Gasteiger charge is -2.39. The first-order valence-corrected chi connectivity index (χ1v) is 12.0. The number of nitrogens with zero attached hydrogens (tertiary/aromatic N) is 1. The summed E-state index contributed by atoms with van der Waals surface area (Å²) >= 11 is 5.41. The number of fused-ring (bicyclic) bond motifs is 2. The lowest BCUT2D eigenvalue weighted by molar-refractivity contribution is 0.0178. The zero-order valence-electron chi connectivity index (χ0n) is 17.9. The van der Waals surface area contributed by atoms with Crippen LogP contribution in [-0.4, -0.2) is 36.8 Å². The Kier molecular flexibility index (Phi) is 6.08. The third kappa shape index (κ3) is 4.35. The van der Waals surface area contributed by atoms with E-state index in [1.165, 1.54) is 20.9 Å². The van der Waals surface area contributed by atoms with Gasteiger partial charge in [0, 0.05) is 28.4 Å². The maximum absolute atomic E-state index is 12.5. The number of ether oxygens (including phenoxy) is 2. The molecule has 2 heterocycles. The Morgan fingerprint density at radius 1 is 1.13 bits per heavy atom. The quantitative estimate of drug-likeness (QED) is 0.470. The van der Waals surface area contributed by atoms with Crippen molar-refractivity contribution >= 4 is 33.8 Å². The fourth-order valence-electron chi connectivity index (χ4n) is 4.43. The van der Waals surface area contributed by atoms with Crippen LogP contribution in [-0.2, 0) is 4.74 Å². The van der Waals surface area contributed by atoms with Crippen LogP contribution in [0.1, 0.15) is 50.7 Å². The Morgan fingerprint density at radius 3 is 2.53 bits per heavy atom. The van der Waals surface area contributed by atoms with E-state index in [2.05, 4.69) is 46.3 Å². The summed E-state index contributed by atoms with van der Waals surface area (Å²) in [6.45, 7) is 7.20. The minimum Gasteiger partial charge on any atom is -0.496 e. The molecule has 0 bridgehead atoms. The summed E-state index contributed by atoms with van der Waals surface area (Å²) in [5.74, 6) is 1.70. The summed E-state index contributed by atoms with van der Waals surface area (Å²) in [6.07, 6.45) is 1.72. The Bertz CT molecular complexity index is 948. The smallest absolute Gasteiger partial charge is 0.410 e. The van der Waals surface area contributed by atoms with Crippen LogP contribution in [0.3, 0.4) is 0 Å². The predicted molar refractivity (Wildman–Crippen MR) is 124 cm³/mol. The van der Waals surface area contributed by atoms with Gasteiger partial charge in [0.2, 0.25) is 0 Å². The van der Waals surface area contributed by atoms with Crippen LogP contribution in [0.4, 0.5) is 4.79 Å². The molecule has 2 aromatic rings. The molecule has 4 rings (SSSR count). The van der Waals surface area contributed by atoms with Crippen LogP contribution >= 0.6 is 27.7 Å². The number of amides is 1. The minimum atomic E-state index is -0.462. The molecular formula is C24H28BrNO3S. The molecule has 2 aliphatic heterocycles. The molecule has 0 N–H and O–H groups in total. The molecule has 30 heavy (non-hydrogen) atoms. The van der Waals surface area contributed by atoms with Gasteiger partial charge in [0.15, 0.2) is 0 Å². The summed E-state index contributed by atoms with van der Waals surface area (Å²) in [4.78, 5) is 16.8. The average molecular weight is 490 g/mol. The van der Waals surface area contributed by atoms with E-state index < -0.39 is 5.60 Å². The summed E-state index contributed by atoms with van der Waals surface area (Å²) in [7, 11) is 1.74. The van der Waals surface area contributed by atoms with Crippen LogP contribution in [0, 0.1) is 5.92 Å². The number of hydrogen-bond acceptors (Lipinski definition) is 4. The summed E-state index contributed by atoms with van der Waals surface area (Å²) in [5.41, 5.74) is 2.25. The maximum atomic E-state index is 12.5.